The Morgan fingerprint density at radius 3 is 2.53 bits per heavy atom. The number of furan rings is 1. The first kappa shape index (κ1) is 26.0. The molecule has 3 N–H and O–H groups in total. The summed E-state index contributed by atoms with van der Waals surface area (Å²) < 4.78 is 10.3. The van der Waals surface area contributed by atoms with Crippen molar-refractivity contribution in [3.05, 3.63) is 54.0 Å². The first-order chi connectivity index (χ1) is 15.2. The van der Waals surface area contributed by atoms with Crippen molar-refractivity contribution in [2.24, 2.45) is 4.99 Å². The highest BCUT2D eigenvalue weighted by molar-refractivity contribution is 14.0. The summed E-state index contributed by atoms with van der Waals surface area (Å²) in [4.78, 5) is 18.5. The molecule has 0 spiro atoms. The number of nitrogens with zero attached hydrogens (tertiary/aromatic N) is 2. The fraction of sp³-hybridized carbons (Fsp3) is 0.478. The van der Waals surface area contributed by atoms with E-state index in [2.05, 4.69) is 38.6 Å². The zero-order valence-electron chi connectivity index (χ0n) is 18.8. The second-order valence-electron chi connectivity index (χ2n) is 7.52. The molecule has 1 aromatic heterocycles. The number of carbonyl (C=O) groups is 1. The Hall–Kier alpha value is -2.27. The van der Waals surface area contributed by atoms with Crippen LogP contribution >= 0.6 is 24.0 Å². The monoisotopic (exact) mass is 555 g/mol. The summed E-state index contributed by atoms with van der Waals surface area (Å²) in [5.74, 6) is 1.76. The van der Waals surface area contributed by atoms with E-state index in [1.807, 2.05) is 30.3 Å². The average Bonchev–Trinajstić information content (AvgIpc) is 3.33. The number of carbonyl (C=O) groups excluding carboxylic acids is 1. The van der Waals surface area contributed by atoms with E-state index in [9.17, 15) is 4.79 Å². The highest BCUT2D eigenvalue weighted by atomic mass is 127. The lowest BCUT2D eigenvalue weighted by Gasteiger charge is -2.33. The number of aliphatic imine (C=N–C) groups is 1. The minimum atomic E-state index is -0.482. The quantitative estimate of drug-likeness (QED) is 0.255. The van der Waals surface area contributed by atoms with Gasteiger partial charge in [-0.2, -0.15) is 0 Å². The van der Waals surface area contributed by atoms with Gasteiger partial charge in [0.1, 0.15) is 5.76 Å². The molecule has 1 aliphatic rings. The van der Waals surface area contributed by atoms with Crippen LogP contribution in [0, 0.1) is 0 Å². The summed E-state index contributed by atoms with van der Waals surface area (Å²) >= 11 is 0. The number of hydrogen-bond acceptors (Lipinski definition) is 5. The second-order valence-corrected chi connectivity index (χ2v) is 7.52. The third kappa shape index (κ3) is 8.01. The molecule has 1 saturated heterocycles. The van der Waals surface area contributed by atoms with E-state index in [1.165, 1.54) is 26.4 Å². The highest BCUT2D eigenvalue weighted by Gasteiger charge is 2.24. The summed E-state index contributed by atoms with van der Waals surface area (Å²) in [6, 6.07) is 11.7. The van der Waals surface area contributed by atoms with E-state index in [0.717, 1.165) is 43.5 Å². The lowest BCUT2D eigenvalue weighted by Crippen LogP contribution is -2.44. The molecule has 176 valence electrons. The number of rotatable bonds is 8. The van der Waals surface area contributed by atoms with Crippen molar-refractivity contribution in [2.45, 2.75) is 38.8 Å². The number of hydrogen-bond donors (Lipinski definition) is 3. The van der Waals surface area contributed by atoms with Crippen LogP contribution in [0.3, 0.4) is 0 Å². The normalized spacial score (nSPS) is 15.4. The van der Waals surface area contributed by atoms with Crippen LogP contribution in [-0.4, -0.2) is 50.2 Å². The van der Waals surface area contributed by atoms with Gasteiger partial charge in [0.05, 0.1) is 26.0 Å². The predicted molar refractivity (Wildman–Crippen MR) is 138 cm³/mol. The van der Waals surface area contributed by atoms with Crippen LogP contribution in [0.15, 0.2) is 52.1 Å². The molecule has 3 rings (SSSR count). The van der Waals surface area contributed by atoms with E-state index in [1.54, 1.807) is 6.26 Å². The molecule has 0 saturated carbocycles. The van der Waals surface area contributed by atoms with Gasteiger partial charge in [-0.05, 0) is 62.7 Å². The van der Waals surface area contributed by atoms with E-state index in [0.29, 0.717) is 12.2 Å². The van der Waals surface area contributed by atoms with Crippen molar-refractivity contribution in [2.75, 3.05) is 38.6 Å². The van der Waals surface area contributed by atoms with Crippen LogP contribution in [0.5, 0.6) is 0 Å². The Balaban J connectivity index is 0.00000363. The van der Waals surface area contributed by atoms with Crippen molar-refractivity contribution >= 4 is 41.7 Å². The van der Waals surface area contributed by atoms with Gasteiger partial charge in [0.2, 0.25) is 0 Å². The van der Waals surface area contributed by atoms with Crippen LogP contribution in [0.2, 0.25) is 0 Å². The van der Waals surface area contributed by atoms with E-state index < -0.39 is 6.09 Å². The molecule has 2 heterocycles. The zero-order valence-corrected chi connectivity index (χ0v) is 21.1. The Kier molecular flexibility index (Phi) is 11.4. The summed E-state index contributed by atoms with van der Waals surface area (Å²) in [7, 11) is 1.34. The van der Waals surface area contributed by atoms with Crippen molar-refractivity contribution in [3.63, 3.8) is 0 Å². The Morgan fingerprint density at radius 1 is 1.16 bits per heavy atom. The maximum absolute atomic E-state index is 11.3. The fourth-order valence-electron chi connectivity index (χ4n) is 3.69. The molecule has 0 aliphatic carbocycles. The predicted octanol–water partition coefficient (Wildman–Crippen LogP) is 4.36. The number of nitrogens with one attached hydrogen (secondary N) is 3. The maximum Gasteiger partial charge on any atom is 0.411 e. The van der Waals surface area contributed by atoms with Gasteiger partial charge in [0, 0.05) is 18.8 Å². The van der Waals surface area contributed by atoms with Gasteiger partial charge in [0.15, 0.2) is 5.96 Å². The topological polar surface area (TPSA) is 91.1 Å². The van der Waals surface area contributed by atoms with Crippen molar-refractivity contribution < 1.29 is 13.9 Å². The molecule has 2 aromatic rings. The summed E-state index contributed by atoms with van der Waals surface area (Å²) in [6.45, 7) is 6.27. The van der Waals surface area contributed by atoms with Crippen molar-refractivity contribution in [3.8, 4) is 0 Å². The number of anilines is 1. The number of piperidine rings is 1. The lowest BCUT2D eigenvalue weighted by molar-refractivity contribution is 0.146. The molecule has 1 amide bonds. The Labute approximate surface area is 207 Å². The summed E-state index contributed by atoms with van der Waals surface area (Å²) in [5, 5.41) is 9.45. The first-order valence-corrected chi connectivity index (χ1v) is 10.9. The maximum atomic E-state index is 11.3. The third-order valence-electron chi connectivity index (χ3n) is 5.32. The van der Waals surface area contributed by atoms with E-state index in [4.69, 9.17) is 9.41 Å². The summed E-state index contributed by atoms with van der Waals surface area (Å²) in [5.41, 5.74) is 1.73. The van der Waals surface area contributed by atoms with Gasteiger partial charge < -0.3 is 19.8 Å². The molecule has 1 fully saturated rings. The number of amides is 1. The average molecular weight is 555 g/mol. The number of guanidine groups is 1. The molecule has 1 aromatic carbocycles. The van der Waals surface area contributed by atoms with E-state index >= 15 is 0 Å². The standard InChI is InChI=1S/C23H33N5O3.HI/c1-3-24-22(25-16-18-9-11-19(12-10-18)27-23(29)30-2)26-17-20(21-8-7-15-31-21)28-13-5-4-6-14-28;/h7-12,15,20H,3-6,13-14,16-17H2,1-2H3,(H,27,29)(H2,24,25,26);1H. The number of ether oxygens (including phenoxy) is 1. The minimum Gasteiger partial charge on any atom is -0.468 e. The molecule has 0 radical (unpaired) electrons. The van der Waals surface area contributed by atoms with Gasteiger partial charge in [0.25, 0.3) is 0 Å². The zero-order chi connectivity index (χ0) is 21.9. The van der Waals surface area contributed by atoms with Gasteiger partial charge in [-0.25, -0.2) is 9.79 Å². The van der Waals surface area contributed by atoms with Gasteiger partial charge in [-0.3, -0.25) is 10.2 Å². The Morgan fingerprint density at radius 2 is 1.91 bits per heavy atom. The molecule has 0 bridgehead atoms. The van der Waals surface area contributed by atoms with Crippen LogP contribution in [-0.2, 0) is 11.3 Å². The van der Waals surface area contributed by atoms with Crippen LogP contribution in [0.1, 0.15) is 43.6 Å². The second kappa shape index (κ2) is 14.0. The largest absolute Gasteiger partial charge is 0.468 e. The number of methoxy groups -OCH3 is 1. The molecule has 1 unspecified atom stereocenters. The molecule has 32 heavy (non-hydrogen) atoms. The van der Waals surface area contributed by atoms with Crippen LogP contribution in [0.4, 0.5) is 10.5 Å². The molecule has 1 atom stereocenters. The highest BCUT2D eigenvalue weighted by Crippen LogP contribution is 2.24. The molecular formula is C23H34IN5O3. The molecule has 9 heteroatoms. The Bertz CT molecular complexity index is 821. The minimum absolute atomic E-state index is 0. The van der Waals surface area contributed by atoms with Crippen LogP contribution < -0.4 is 16.0 Å². The van der Waals surface area contributed by atoms with E-state index in [-0.39, 0.29) is 30.0 Å². The molecular weight excluding hydrogens is 521 g/mol. The van der Waals surface area contributed by atoms with Crippen molar-refractivity contribution in [1.82, 2.24) is 15.5 Å². The smallest absolute Gasteiger partial charge is 0.411 e. The van der Waals surface area contributed by atoms with Crippen LogP contribution in [0.25, 0.3) is 0 Å². The van der Waals surface area contributed by atoms with Gasteiger partial charge in [-0.1, -0.05) is 18.6 Å². The number of halogens is 1. The summed E-state index contributed by atoms with van der Waals surface area (Å²) in [6.07, 6.45) is 5.01. The van der Waals surface area contributed by atoms with Crippen molar-refractivity contribution in [1.29, 1.82) is 0 Å². The van der Waals surface area contributed by atoms with Gasteiger partial charge in [-0.15, -0.1) is 24.0 Å². The van der Waals surface area contributed by atoms with Gasteiger partial charge >= 0.3 is 6.09 Å². The number of likely N-dealkylation sites (tertiary alicyclic amines) is 1. The first-order valence-electron chi connectivity index (χ1n) is 10.9. The number of benzene rings is 1. The molecule has 8 nitrogen and oxygen atoms in total. The third-order valence-corrected chi connectivity index (χ3v) is 5.32. The lowest BCUT2D eigenvalue weighted by atomic mass is 10.1. The fourth-order valence-corrected chi connectivity index (χ4v) is 3.69. The molecule has 1 aliphatic heterocycles. The SMILES string of the molecule is CCNC(=NCc1ccc(NC(=O)OC)cc1)NCC(c1ccco1)N1CCCCC1.I.